The smallest absolute Gasteiger partial charge is 0.397 e. The summed E-state index contributed by atoms with van der Waals surface area (Å²) in [5, 5.41) is 3.55. The Bertz CT molecular complexity index is 967. The number of rotatable bonds is 2. The number of alkyl halides is 3. The van der Waals surface area contributed by atoms with Crippen LogP contribution in [0.4, 0.5) is 18.9 Å². The summed E-state index contributed by atoms with van der Waals surface area (Å²) in [6, 6.07) is 5.49. The molecule has 1 amide bonds. The lowest BCUT2D eigenvalue weighted by Crippen LogP contribution is -2.12. The molecule has 6 nitrogen and oxygen atoms in total. The van der Waals surface area contributed by atoms with E-state index in [1.807, 2.05) is 0 Å². The summed E-state index contributed by atoms with van der Waals surface area (Å²) in [7, 11) is 0. The molecule has 0 unspecified atom stereocenters. The van der Waals surface area contributed by atoms with Crippen LogP contribution in [-0.2, 0) is 6.18 Å². The summed E-state index contributed by atoms with van der Waals surface area (Å²) in [6.45, 7) is 0. The van der Waals surface area contributed by atoms with Crippen LogP contribution >= 0.6 is 22.6 Å². The largest absolute Gasteiger partial charge is 0.435 e. The van der Waals surface area contributed by atoms with Crippen LogP contribution in [0.1, 0.15) is 16.1 Å². The maximum Gasteiger partial charge on any atom is 0.435 e. The van der Waals surface area contributed by atoms with Crippen molar-refractivity contribution in [3.8, 4) is 5.69 Å². The van der Waals surface area contributed by atoms with Gasteiger partial charge in [-0.1, -0.05) is 0 Å². The normalized spacial score (nSPS) is 11.8. The fourth-order valence-electron chi connectivity index (χ4n) is 2.27. The Morgan fingerprint density at radius 3 is 2.54 bits per heavy atom. The quantitative estimate of drug-likeness (QED) is 0.466. The molecule has 3 rings (SSSR count). The van der Waals surface area contributed by atoms with E-state index in [-0.39, 0.29) is 28.0 Å². The molecule has 3 aromatic rings. The Kier molecular flexibility index (Phi) is 3.86. The minimum Gasteiger partial charge on any atom is -0.397 e. The third-order valence-corrected chi connectivity index (χ3v) is 4.23. The standard InChI is InChI=1S/C14H9F3IN5O/c15-14(16,17)11-10-7(18)3-4-21-13(10)23(22-11)9-2-1-6(12(20)24)5-8(9)19/h1-5H,19H2,(H2,20,24). The molecule has 2 heterocycles. The molecule has 0 atom stereocenters. The Labute approximate surface area is 146 Å². The zero-order valence-corrected chi connectivity index (χ0v) is 14.0. The molecule has 0 aliphatic heterocycles. The molecule has 124 valence electrons. The van der Waals surface area contributed by atoms with E-state index in [4.69, 9.17) is 11.5 Å². The van der Waals surface area contributed by atoms with Crippen LogP contribution in [0.15, 0.2) is 30.5 Å². The lowest BCUT2D eigenvalue weighted by molar-refractivity contribution is -0.140. The predicted molar refractivity (Wildman–Crippen MR) is 89.5 cm³/mol. The van der Waals surface area contributed by atoms with E-state index >= 15 is 0 Å². The summed E-state index contributed by atoms with van der Waals surface area (Å²) < 4.78 is 41.3. The van der Waals surface area contributed by atoms with Crippen LogP contribution in [0.2, 0.25) is 0 Å². The van der Waals surface area contributed by atoms with Gasteiger partial charge in [0.15, 0.2) is 11.3 Å². The highest BCUT2D eigenvalue weighted by Crippen LogP contribution is 2.37. The van der Waals surface area contributed by atoms with Gasteiger partial charge in [-0.25, -0.2) is 9.67 Å². The molecule has 0 saturated carbocycles. The molecule has 1 aromatic carbocycles. The van der Waals surface area contributed by atoms with Crippen LogP contribution < -0.4 is 11.5 Å². The van der Waals surface area contributed by atoms with Gasteiger partial charge in [-0.05, 0) is 46.9 Å². The van der Waals surface area contributed by atoms with E-state index in [0.717, 1.165) is 4.68 Å². The van der Waals surface area contributed by atoms with Crippen LogP contribution in [0.25, 0.3) is 16.7 Å². The number of carbonyl (C=O) groups is 1. The predicted octanol–water partition coefficient (Wildman–Crippen LogP) is 2.73. The van der Waals surface area contributed by atoms with Gasteiger partial charge in [0.2, 0.25) is 5.91 Å². The summed E-state index contributed by atoms with van der Waals surface area (Å²) in [5.74, 6) is -0.692. The first-order chi connectivity index (χ1) is 11.2. The van der Waals surface area contributed by atoms with Gasteiger partial charge in [-0.15, -0.1) is 0 Å². The Morgan fingerprint density at radius 1 is 1.25 bits per heavy atom. The average Bonchev–Trinajstić information content (AvgIpc) is 2.88. The fourth-order valence-corrected chi connectivity index (χ4v) is 2.93. The molecule has 24 heavy (non-hydrogen) atoms. The second-order valence-corrected chi connectivity index (χ2v) is 6.05. The van der Waals surface area contributed by atoms with Crippen molar-refractivity contribution in [2.45, 2.75) is 6.18 Å². The van der Waals surface area contributed by atoms with Crippen LogP contribution in [-0.4, -0.2) is 20.7 Å². The minimum absolute atomic E-state index is 0.0211. The van der Waals surface area contributed by atoms with Gasteiger partial charge in [0.25, 0.3) is 0 Å². The molecule has 0 aliphatic carbocycles. The molecule has 0 saturated heterocycles. The average molecular weight is 447 g/mol. The van der Waals surface area contributed by atoms with Crippen molar-refractivity contribution >= 4 is 45.2 Å². The molecule has 0 aliphatic rings. The molecule has 4 N–H and O–H groups in total. The summed E-state index contributed by atoms with van der Waals surface area (Å²) in [5.41, 5.74) is 10.4. The first-order valence-corrected chi connectivity index (χ1v) is 7.58. The molecule has 0 spiro atoms. The molecular formula is C14H9F3IN5O. The second kappa shape index (κ2) is 5.61. The van der Waals surface area contributed by atoms with Crippen molar-refractivity contribution in [2.75, 3.05) is 5.73 Å². The number of amides is 1. The number of hydrogen-bond donors (Lipinski definition) is 2. The Morgan fingerprint density at radius 2 is 1.96 bits per heavy atom. The van der Waals surface area contributed by atoms with Gasteiger partial charge >= 0.3 is 6.18 Å². The Hall–Kier alpha value is -2.37. The van der Waals surface area contributed by atoms with Crippen LogP contribution in [0, 0.1) is 3.57 Å². The number of nitrogens with two attached hydrogens (primary N) is 2. The zero-order valence-electron chi connectivity index (χ0n) is 11.8. The van der Waals surface area contributed by atoms with Gasteiger partial charge in [0.05, 0.1) is 16.8 Å². The number of benzene rings is 1. The number of primary amides is 1. The van der Waals surface area contributed by atoms with Gasteiger partial charge < -0.3 is 11.5 Å². The van der Waals surface area contributed by atoms with Crippen molar-refractivity contribution in [1.29, 1.82) is 0 Å². The fraction of sp³-hybridized carbons (Fsp3) is 0.0714. The van der Waals surface area contributed by atoms with Gasteiger partial charge in [-0.2, -0.15) is 18.3 Å². The number of halogens is 4. The molecule has 0 fully saturated rings. The summed E-state index contributed by atoms with van der Waals surface area (Å²) in [6.07, 6.45) is -3.26. The first kappa shape index (κ1) is 16.5. The third-order valence-electron chi connectivity index (χ3n) is 3.33. The van der Waals surface area contributed by atoms with Gasteiger partial charge in [0.1, 0.15) is 0 Å². The zero-order chi connectivity index (χ0) is 17.6. The van der Waals surface area contributed by atoms with Gasteiger partial charge in [-0.3, -0.25) is 4.79 Å². The van der Waals surface area contributed by atoms with E-state index in [0.29, 0.717) is 3.57 Å². The van der Waals surface area contributed by atoms with E-state index in [1.165, 1.54) is 30.5 Å². The number of aromatic nitrogens is 3. The first-order valence-electron chi connectivity index (χ1n) is 6.50. The number of anilines is 1. The highest BCUT2D eigenvalue weighted by molar-refractivity contribution is 14.1. The molecule has 0 radical (unpaired) electrons. The van der Waals surface area contributed by atoms with Crippen molar-refractivity contribution in [2.24, 2.45) is 5.73 Å². The molecule has 10 heteroatoms. The van der Waals surface area contributed by atoms with Crippen LogP contribution in [0.3, 0.4) is 0 Å². The minimum atomic E-state index is -4.64. The topological polar surface area (TPSA) is 99.8 Å². The number of fused-ring (bicyclic) bond motifs is 1. The SMILES string of the molecule is NC(=O)c1ccc(-n2nc(C(F)(F)F)c3c(I)ccnc32)c(N)c1. The van der Waals surface area contributed by atoms with E-state index in [2.05, 4.69) is 10.1 Å². The van der Waals surface area contributed by atoms with Crippen molar-refractivity contribution in [3.63, 3.8) is 0 Å². The lowest BCUT2D eigenvalue weighted by atomic mass is 10.1. The summed E-state index contributed by atoms with van der Waals surface area (Å²) in [4.78, 5) is 15.2. The number of nitrogen functional groups attached to an aromatic ring is 1. The summed E-state index contributed by atoms with van der Waals surface area (Å²) >= 11 is 1.79. The number of pyridine rings is 1. The van der Waals surface area contributed by atoms with Gasteiger partial charge in [0, 0.05) is 15.3 Å². The number of carbonyl (C=O) groups excluding carboxylic acids is 1. The lowest BCUT2D eigenvalue weighted by Gasteiger charge is -2.08. The maximum atomic E-state index is 13.3. The molecule has 2 aromatic heterocycles. The monoisotopic (exact) mass is 447 g/mol. The highest BCUT2D eigenvalue weighted by Gasteiger charge is 2.38. The van der Waals surface area contributed by atoms with E-state index < -0.39 is 17.8 Å². The van der Waals surface area contributed by atoms with E-state index in [1.54, 1.807) is 22.6 Å². The number of hydrogen-bond acceptors (Lipinski definition) is 4. The number of nitrogens with zero attached hydrogens (tertiary/aromatic N) is 3. The van der Waals surface area contributed by atoms with E-state index in [9.17, 15) is 18.0 Å². The van der Waals surface area contributed by atoms with Crippen LogP contribution in [0.5, 0.6) is 0 Å². The Balaban J connectivity index is 2.32. The molecule has 0 bridgehead atoms. The maximum absolute atomic E-state index is 13.3. The third kappa shape index (κ3) is 2.66. The van der Waals surface area contributed by atoms with Crippen molar-refractivity contribution in [1.82, 2.24) is 14.8 Å². The second-order valence-electron chi connectivity index (χ2n) is 4.89. The van der Waals surface area contributed by atoms with Crippen molar-refractivity contribution < 1.29 is 18.0 Å². The molecular weight excluding hydrogens is 438 g/mol. The van der Waals surface area contributed by atoms with Crippen molar-refractivity contribution in [3.05, 3.63) is 45.3 Å². The highest BCUT2D eigenvalue weighted by atomic mass is 127.